The van der Waals surface area contributed by atoms with Crippen LogP contribution in [0.4, 0.5) is 0 Å². The molecule has 0 spiro atoms. The molecule has 0 saturated carbocycles. The van der Waals surface area contributed by atoms with Gasteiger partial charge in [0.05, 0.1) is 0 Å². The lowest BCUT2D eigenvalue weighted by Crippen LogP contribution is -2.67. The molecule has 0 N–H and O–H groups in total. The van der Waals surface area contributed by atoms with Crippen LogP contribution in [0.1, 0.15) is 11.1 Å². The first-order chi connectivity index (χ1) is 13.7. The molecule has 0 unspecified atom stereocenters. The van der Waals surface area contributed by atoms with Crippen molar-refractivity contribution < 1.29 is 12.3 Å². The van der Waals surface area contributed by atoms with Crippen LogP contribution in [0.5, 0.6) is 0 Å². The Labute approximate surface area is 187 Å². The third-order valence-corrected chi connectivity index (χ3v) is 15.3. The maximum Gasteiger partial charge on any atom is 0.505 e. The Morgan fingerprint density at radius 2 is 0.867 bits per heavy atom. The Bertz CT molecular complexity index is 840. The molecule has 0 fully saturated rings. The fraction of sp³-hybridized carbons (Fsp3) is 0.391. The molecule has 2 rings (SSSR count). The van der Waals surface area contributed by atoms with E-state index in [1.54, 1.807) is 0 Å². The molecule has 3 nitrogen and oxygen atoms in total. The van der Waals surface area contributed by atoms with E-state index in [0.717, 1.165) is 16.3 Å². The van der Waals surface area contributed by atoms with Gasteiger partial charge < -0.3 is 12.3 Å². The molecule has 30 heavy (non-hydrogen) atoms. The van der Waals surface area contributed by atoms with E-state index in [1.807, 2.05) is 30.3 Å². The maximum absolute atomic E-state index is 6.80. The molecule has 0 bridgehead atoms. The minimum atomic E-state index is -3.05. The van der Waals surface area contributed by atoms with E-state index in [0.29, 0.717) is 0 Å². The normalized spacial score (nSPS) is 13.0. The molecule has 0 aromatic heterocycles. The second-order valence-electron chi connectivity index (χ2n) is 10.4. The van der Waals surface area contributed by atoms with Crippen molar-refractivity contribution >= 4 is 38.9 Å². The van der Waals surface area contributed by atoms with Crippen molar-refractivity contribution in [3.63, 3.8) is 0 Å². The van der Waals surface area contributed by atoms with Crippen LogP contribution in [0.25, 0.3) is 0 Å². The molecule has 7 heteroatoms. The molecule has 162 valence electrons. The first kappa shape index (κ1) is 25.0. The fourth-order valence-electron chi connectivity index (χ4n) is 2.87. The van der Waals surface area contributed by atoms with Crippen molar-refractivity contribution in [3.05, 3.63) is 65.7 Å². The van der Waals surface area contributed by atoms with Crippen molar-refractivity contribution in [2.45, 2.75) is 58.9 Å². The number of hydrogen-bond donors (Lipinski definition) is 0. The van der Waals surface area contributed by atoms with E-state index in [-0.39, 0.29) is 0 Å². The first-order valence-electron chi connectivity index (χ1n) is 10.5. The lowest BCUT2D eigenvalue weighted by Gasteiger charge is -2.42. The highest BCUT2D eigenvalue weighted by molar-refractivity contribution is 6.95. The Balaban J connectivity index is 2.47. The summed E-state index contributed by atoms with van der Waals surface area (Å²) in [4.78, 5) is 0. The van der Waals surface area contributed by atoms with E-state index >= 15 is 0 Å². The number of benzene rings is 2. The van der Waals surface area contributed by atoms with Gasteiger partial charge in [-0.05, 0) is 83.2 Å². The summed E-state index contributed by atoms with van der Waals surface area (Å²) in [5.74, 6) is 6.48. The molecule has 0 saturated heterocycles. The van der Waals surface area contributed by atoms with Crippen LogP contribution in [0, 0.1) is 11.8 Å². The quantitative estimate of drug-likeness (QED) is 0.377. The van der Waals surface area contributed by atoms with Crippen molar-refractivity contribution in [2.24, 2.45) is 0 Å². The molecule has 0 atom stereocenters. The summed E-state index contributed by atoms with van der Waals surface area (Å²) in [5, 5.41) is 1.04. The number of rotatable bonds is 7. The SMILES string of the molecule is C[Si](C)(C)O[Si](O[Si](C)(C)C)(O[Si](C)(C)C)c1ccc(C#Cc2ccccc2)cc1. The molecule has 2 aromatic rings. The zero-order chi connectivity index (χ0) is 22.6. The van der Waals surface area contributed by atoms with Crippen LogP contribution in [0.15, 0.2) is 54.6 Å². The zero-order valence-electron chi connectivity index (χ0n) is 19.9. The fourth-order valence-corrected chi connectivity index (χ4v) is 16.2. The lowest BCUT2D eigenvalue weighted by molar-refractivity contribution is 0.273. The largest absolute Gasteiger partial charge is 0.505 e. The highest BCUT2D eigenvalue weighted by Gasteiger charge is 2.51. The van der Waals surface area contributed by atoms with Crippen molar-refractivity contribution in [2.75, 3.05) is 0 Å². The summed E-state index contributed by atoms with van der Waals surface area (Å²) >= 11 is 0. The molecular formula is C23H36O3Si4. The van der Waals surface area contributed by atoms with E-state index in [1.165, 1.54) is 0 Å². The van der Waals surface area contributed by atoms with E-state index in [2.05, 4.69) is 95.0 Å². The first-order valence-corrected chi connectivity index (χ1v) is 22.4. The molecule has 0 radical (unpaired) electrons. The van der Waals surface area contributed by atoms with Gasteiger partial charge >= 0.3 is 8.80 Å². The molecule has 0 aliphatic heterocycles. The van der Waals surface area contributed by atoms with Gasteiger partial charge in [0.2, 0.25) is 0 Å². The topological polar surface area (TPSA) is 27.7 Å². The van der Waals surface area contributed by atoms with Gasteiger partial charge in [0, 0.05) is 16.3 Å². The zero-order valence-corrected chi connectivity index (χ0v) is 23.9. The van der Waals surface area contributed by atoms with Gasteiger partial charge in [-0.15, -0.1) is 0 Å². The molecule has 0 aliphatic rings. The second-order valence-corrected chi connectivity index (χ2v) is 27.2. The van der Waals surface area contributed by atoms with Crippen LogP contribution >= 0.6 is 0 Å². The highest BCUT2D eigenvalue weighted by atomic mass is 28.5. The van der Waals surface area contributed by atoms with E-state index in [9.17, 15) is 0 Å². The average Bonchev–Trinajstić information content (AvgIpc) is 2.56. The van der Waals surface area contributed by atoms with Crippen LogP contribution in [0.3, 0.4) is 0 Å². The second kappa shape index (κ2) is 9.49. The van der Waals surface area contributed by atoms with Crippen LogP contribution in [-0.4, -0.2) is 33.8 Å². The van der Waals surface area contributed by atoms with Crippen molar-refractivity contribution in [3.8, 4) is 11.8 Å². The van der Waals surface area contributed by atoms with Gasteiger partial charge in [-0.25, -0.2) is 0 Å². The molecular weight excluding hydrogens is 437 g/mol. The van der Waals surface area contributed by atoms with Gasteiger partial charge in [0.15, 0.2) is 25.0 Å². The summed E-state index contributed by atoms with van der Waals surface area (Å²) in [7, 11) is -8.81. The van der Waals surface area contributed by atoms with E-state index in [4.69, 9.17) is 12.3 Å². The standard InChI is InChI=1S/C23H36O3Si4/c1-27(2,3)24-30(25-28(4,5)6,26-29(7,8)9)23-19-17-22(18-20-23)16-15-21-13-11-10-12-14-21/h10-14,17-20H,1-9H3. The molecule has 0 aliphatic carbocycles. The van der Waals surface area contributed by atoms with Crippen LogP contribution in [0.2, 0.25) is 58.9 Å². The Morgan fingerprint density at radius 1 is 0.500 bits per heavy atom. The summed E-state index contributed by atoms with van der Waals surface area (Å²) in [6.07, 6.45) is 0. The monoisotopic (exact) mass is 472 g/mol. The Hall–Kier alpha value is -1.25. The predicted octanol–water partition coefficient (Wildman–Crippen LogP) is 5.79. The summed E-state index contributed by atoms with van der Waals surface area (Å²) in [6.45, 7) is 19.8. The Morgan fingerprint density at radius 3 is 1.23 bits per heavy atom. The van der Waals surface area contributed by atoms with Gasteiger partial charge in [-0.3, -0.25) is 0 Å². The van der Waals surface area contributed by atoms with Gasteiger partial charge in [-0.1, -0.05) is 42.2 Å². The van der Waals surface area contributed by atoms with Crippen LogP contribution in [-0.2, 0) is 12.3 Å². The minimum Gasteiger partial charge on any atom is -0.414 e. The van der Waals surface area contributed by atoms with Crippen molar-refractivity contribution in [1.29, 1.82) is 0 Å². The summed E-state index contributed by atoms with van der Waals surface area (Å²) in [5.41, 5.74) is 1.98. The third kappa shape index (κ3) is 8.47. The smallest absolute Gasteiger partial charge is 0.414 e. The predicted molar refractivity (Wildman–Crippen MR) is 138 cm³/mol. The Kier molecular flexibility index (Phi) is 7.91. The summed E-state index contributed by atoms with van der Waals surface area (Å²) < 4.78 is 20.4. The number of hydrogen-bond acceptors (Lipinski definition) is 3. The van der Waals surface area contributed by atoms with Gasteiger partial charge in [0.25, 0.3) is 0 Å². The lowest BCUT2D eigenvalue weighted by atomic mass is 10.2. The summed E-state index contributed by atoms with van der Waals surface area (Å²) in [6, 6.07) is 18.4. The maximum atomic E-state index is 6.80. The average molecular weight is 473 g/mol. The highest BCUT2D eigenvalue weighted by Crippen LogP contribution is 2.25. The molecule has 0 amide bonds. The molecule has 0 heterocycles. The molecule has 2 aromatic carbocycles. The minimum absolute atomic E-state index is 0.972. The van der Waals surface area contributed by atoms with Gasteiger partial charge in [0.1, 0.15) is 0 Å². The van der Waals surface area contributed by atoms with E-state index < -0.39 is 33.8 Å². The van der Waals surface area contributed by atoms with Gasteiger partial charge in [-0.2, -0.15) is 0 Å². The van der Waals surface area contributed by atoms with Crippen molar-refractivity contribution in [1.82, 2.24) is 0 Å². The third-order valence-electron chi connectivity index (χ3n) is 3.69. The van der Waals surface area contributed by atoms with Crippen LogP contribution < -0.4 is 5.19 Å².